The van der Waals surface area contributed by atoms with Crippen LogP contribution in [0.4, 0.5) is 13.2 Å². The first kappa shape index (κ1) is 16.5. The highest BCUT2D eigenvalue weighted by atomic mass is 19.4. The Hall–Kier alpha value is -1.60. The molecule has 0 heterocycles. The Bertz CT molecular complexity index is 423. The molecule has 0 saturated heterocycles. The van der Waals surface area contributed by atoms with Gasteiger partial charge in [-0.2, -0.15) is 13.2 Å². The van der Waals surface area contributed by atoms with Crippen molar-refractivity contribution in [3.63, 3.8) is 0 Å². The van der Waals surface area contributed by atoms with Gasteiger partial charge in [0.25, 0.3) is 0 Å². The van der Waals surface area contributed by atoms with Crippen LogP contribution in [0.2, 0.25) is 0 Å². The average Bonchev–Trinajstić information content (AvgIpc) is 2.42. The maximum absolute atomic E-state index is 12.2. The molecule has 0 fully saturated rings. The molecule has 1 amide bonds. The van der Waals surface area contributed by atoms with Gasteiger partial charge < -0.3 is 4.90 Å². The van der Waals surface area contributed by atoms with Crippen molar-refractivity contribution in [1.82, 2.24) is 10.3 Å². The summed E-state index contributed by atoms with van der Waals surface area (Å²) in [7, 11) is 1.55. The number of carbonyl (C=O) groups excluding carboxylic acids is 1. The number of nitrogens with zero attached hydrogens (tertiary/aromatic N) is 1. The van der Waals surface area contributed by atoms with Crippen molar-refractivity contribution in [2.75, 3.05) is 20.1 Å². The summed E-state index contributed by atoms with van der Waals surface area (Å²) in [5.74, 6) is 4.11. The Balaban J connectivity index is 2.69. The number of nitrogens with two attached hydrogens (primary N) is 1. The van der Waals surface area contributed by atoms with Gasteiger partial charge in [0, 0.05) is 13.1 Å². The number of carbonyl (C=O) groups is 1. The first-order chi connectivity index (χ1) is 9.33. The molecule has 1 aromatic carbocycles. The molecule has 1 atom stereocenters. The molecule has 3 N–H and O–H groups in total. The number of alkyl halides is 3. The molecular weight excluding hydrogens is 271 g/mol. The second kappa shape index (κ2) is 7.25. The zero-order chi connectivity index (χ0) is 15.2. The van der Waals surface area contributed by atoms with Crippen molar-refractivity contribution in [1.29, 1.82) is 0 Å². The van der Waals surface area contributed by atoms with E-state index in [0.717, 1.165) is 0 Å². The summed E-state index contributed by atoms with van der Waals surface area (Å²) in [4.78, 5) is 13.2. The van der Waals surface area contributed by atoms with Crippen LogP contribution in [0.1, 0.15) is 17.9 Å². The Morgan fingerprint density at radius 3 is 2.45 bits per heavy atom. The number of benzene rings is 1. The van der Waals surface area contributed by atoms with Crippen LogP contribution in [0, 0.1) is 0 Å². The van der Waals surface area contributed by atoms with Crippen LogP contribution in [0.5, 0.6) is 0 Å². The summed E-state index contributed by atoms with van der Waals surface area (Å²) in [5.41, 5.74) is 2.77. The maximum Gasteiger partial charge on any atom is 0.390 e. The molecule has 0 saturated carbocycles. The third-order valence-corrected chi connectivity index (χ3v) is 2.93. The number of rotatable bonds is 6. The van der Waals surface area contributed by atoms with E-state index >= 15 is 0 Å². The second-order valence-corrected chi connectivity index (χ2v) is 4.60. The predicted molar refractivity (Wildman–Crippen MR) is 69.7 cm³/mol. The molecular formula is C13H18F3N3O. The minimum absolute atomic E-state index is 0.162. The number of hydrogen-bond donors (Lipinski definition) is 2. The Kier molecular flexibility index (Phi) is 5.97. The Morgan fingerprint density at radius 2 is 1.95 bits per heavy atom. The molecule has 0 bridgehead atoms. The largest absolute Gasteiger partial charge is 0.390 e. The molecule has 0 aliphatic heterocycles. The van der Waals surface area contributed by atoms with Crippen LogP contribution in [0.15, 0.2) is 30.3 Å². The topological polar surface area (TPSA) is 58.4 Å². The fraction of sp³-hybridized carbons (Fsp3) is 0.462. The molecule has 0 spiro atoms. The Labute approximate surface area is 115 Å². The lowest BCUT2D eigenvalue weighted by Gasteiger charge is -2.23. The number of halogens is 3. The lowest BCUT2D eigenvalue weighted by molar-refractivity contribution is -0.137. The molecule has 1 unspecified atom stereocenters. The number of hydrogen-bond acceptors (Lipinski definition) is 3. The molecule has 0 radical (unpaired) electrons. The van der Waals surface area contributed by atoms with Gasteiger partial charge in [0.2, 0.25) is 5.91 Å². The third-order valence-electron chi connectivity index (χ3n) is 2.93. The number of likely N-dealkylation sites (N-methyl/N-ethyl adjacent to an activating group) is 1. The lowest BCUT2D eigenvalue weighted by atomic mass is 9.98. The van der Waals surface area contributed by atoms with E-state index in [1.54, 1.807) is 37.4 Å². The van der Waals surface area contributed by atoms with Crippen LogP contribution in [0.25, 0.3) is 0 Å². The van der Waals surface area contributed by atoms with Gasteiger partial charge in [-0.05, 0) is 12.6 Å². The van der Waals surface area contributed by atoms with Gasteiger partial charge in [-0.25, -0.2) is 5.84 Å². The molecule has 0 aliphatic carbocycles. The summed E-state index contributed by atoms with van der Waals surface area (Å²) in [6, 6.07) is 8.83. The van der Waals surface area contributed by atoms with Crippen molar-refractivity contribution in [3.05, 3.63) is 35.9 Å². The minimum Gasteiger partial charge on any atom is -0.305 e. The van der Waals surface area contributed by atoms with E-state index in [9.17, 15) is 18.0 Å². The van der Waals surface area contributed by atoms with E-state index in [-0.39, 0.29) is 13.1 Å². The van der Waals surface area contributed by atoms with E-state index in [1.807, 2.05) is 0 Å². The van der Waals surface area contributed by atoms with Crippen LogP contribution in [0.3, 0.4) is 0 Å². The fourth-order valence-corrected chi connectivity index (χ4v) is 1.85. The number of amides is 1. The highest BCUT2D eigenvalue weighted by Crippen LogP contribution is 2.21. The zero-order valence-corrected chi connectivity index (χ0v) is 11.2. The molecule has 112 valence electrons. The fourth-order valence-electron chi connectivity index (χ4n) is 1.85. The van der Waals surface area contributed by atoms with Crippen molar-refractivity contribution in [2.45, 2.75) is 18.5 Å². The van der Waals surface area contributed by atoms with Crippen molar-refractivity contribution < 1.29 is 18.0 Å². The summed E-state index contributed by atoms with van der Waals surface area (Å²) in [6.45, 7) is 0.00775. The summed E-state index contributed by atoms with van der Waals surface area (Å²) >= 11 is 0. The summed E-state index contributed by atoms with van der Waals surface area (Å²) in [5, 5.41) is 0. The van der Waals surface area contributed by atoms with E-state index in [1.165, 1.54) is 4.90 Å². The lowest BCUT2D eigenvalue weighted by Crippen LogP contribution is -2.40. The summed E-state index contributed by atoms with van der Waals surface area (Å²) < 4.78 is 36.5. The van der Waals surface area contributed by atoms with Crippen LogP contribution >= 0.6 is 0 Å². The molecule has 7 heteroatoms. The first-order valence-electron chi connectivity index (χ1n) is 6.14. The standard InChI is InChI=1S/C13H18F3N3O/c1-19(8-7-13(14,15)16)9-11(12(20)18-17)10-5-3-2-4-6-10/h2-6,11H,7-9,17H2,1H3,(H,18,20). The van der Waals surface area contributed by atoms with Gasteiger partial charge in [-0.15, -0.1) is 0 Å². The van der Waals surface area contributed by atoms with Gasteiger partial charge in [-0.1, -0.05) is 30.3 Å². The average molecular weight is 289 g/mol. The third kappa shape index (κ3) is 5.58. The zero-order valence-electron chi connectivity index (χ0n) is 11.2. The molecule has 20 heavy (non-hydrogen) atoms. The molecule has 0 aromatic heterocycles. The second-order valence-electron chi connectivity index (χ2n) is 4.60. The van der Waals surface area contributed by atoms with Gasteiger partial charge in [0.15, 0.2) is 0 Å². The van der Waals surface area contributed by atoms with E-state index in [0.29, 0.717) is 5.56 Å². The van der Waals surface area contributed by atoms with E-state index in [2.05, 4.69) is 5.43 Å². The van der Waals surface area contributed by atoms with E-state index < -0.39 is 24.4 Å². The first-order valence-corrected chi connectivity index (χ1v) is 6.14. The molecule has 0 aliphatic rings. The summed E-state index contributed by atoms with van der Waals surface area (Å²) in [6.07, 6.45) is -5.11. The van der Waals surface area contributed by atoms with Crippen molar-refractivity contribution in [3.8, 4) is 0 Å². The highest BCUT2D eigenvalue weighted by Gasteiger charge is 2.28. The van der Waals surface area contributed by atoms with Gasteiger partial charge in [0.1, 0.15) is 0 Å². The van der Waals surface area contributed by atoms with Crippen LogP contribution in [-0.2, 0) is 4.79 Å². The van der Waals surface area contributed by atoms with Crippen LogP contribution < -0.4 is 11.3 Å². The van der Waals surface area contributed by atoms with Gasteiger partial charge in [-0.3, -0.25) is 10.2 Å². The quantitative estimate of drug-likeness (QED) is 0.475. The van der Waals surface area contributed by atoms with Crippen molar-refractivity contribution in [2.24, 2.45) is 5.84 Å². The number of nitrogens with one attached hydrogen (secondary N) is 1. The number of hydrazine groups is 1. The predicted octanol–water partition coefficient (Wildman–Crippen LogP) is 1.64. The molecule has 4 nitrogen and oxygen atoms in total. The Morgan fingerprint density at radius 1 is 1.35 bits per heavy atom. The monoisotopic (exact) mass is 289 g/mol. The molecule has 1 rings (SSSR count). The minimum atomic E-state index is -4.20. The highest BCUT2D eigenvalue weighted by molar-refractivity contribution is 5.83. The smallest absolute Gasteiger partial charge is 0.305 e. The molecule has 1 aromatic rings. The van der Waals surface area contributed by atoms with E-state index in [4.69, 9.17) is 5.84 Å². The van der Waals surface area contributed by atoms with Crippen LogP contribution in [-0.4, -0.2) is 37.1 Å². The van der Waals surface area contributed by atoms with Gasteiger partial charge >= 0.3 is 6.18 Å². The van der Waals surface area contributed by atoms with Gasteiger partial charge in [0.05, 0.1) is 12.3 Å². The maximum atomic E-state index is 12.2. The SMILES string of the molecule is CN(CCC(F)(F)F)CC(C(=O)NN)c1ccccc1. The van der Waals surface area contributed by atoms with Crippen molar-refractivity contribution >= 4 is 5.91 Å². The normalized spacial score (nSPS) is 13.3.